The summed E-state index contributed by atoms with van der Waals surface area (Å²) in [5, 5.41) is 2.84. The fourth-order valence-electron chi connectivity index (χ4n) is 3.62. The van der Waals surface area contributed by atoms with Crippen LogP contribution in [0.1, 0.15) is 49.4 Å². The van der Waals surface area contributed by atoms with E-state index in [9.17, 15) is 14.4 Å². The monoisotopic (exact) mass is 344 g/mol. The summed E-state index contributed by atoms with van der Waals surface area (Å²) < 4.78 is 4.93. The third kappa shape index (κ3) is 4.00. The first-order chi connectivity index (χ1) is 12.1. The number of hydrogen-bond acceptors (Lipinski definition) is 4. The molecule has 1 saturated carbocycles. The van der Waals surface area contributed by atoms with Crippen molar-refractivity contribution in [1.82, 2.24) is 4.90 Å². The van der Waals surface area contributed by atoms with Gasteiger partial charge < -0.3 is 15.0 Å². The summed E-state index contributed by atoms with van der Waals surface area (Å²) in [4.78, 5) is 38.2. The van der Waals surface area contributed by atoms with E-state index in [1.807, 2.05) is 4.90 Å². The third-order valence-corrected chi connectivity index (χ3v) is 4.96. The fourth-order valence-corrected chi connectivity index (χ4v) is 3.62. The summed E-state index contributed by atoms with van der Waals surface area (Å²) in [6.45, 7) is 2.59. The van der Waals surface area contributed by atoms with Crippen molar-refractivity contribution in [1.29, 1.82) is 0 Å². The highest BCUT2D eigenvalue weighted by Crippen LogP contribution is 2.30. The van der Waals surface area contributed by atoms with E-state index in [1.54, 1.807) is 31.2 Å². The second kappa shape index (κ2) is 7.68. The molecule has 25 heavy (non-hydrogen) atoms. The van der Waals surface area contributed by atoms with E-state index in [0.29, 0.717) is 30.4 Å². The summed E-state index contributed by atoms with van der Waals surface area (Å²) in [7, 11) is 0. The van der Waals surface area contributed by atoms with E-state index in [4.69, 9.17) is 4.74 Å². The highest BCUT2D eigenvalue weighted by molar-refractivity contribution is 5.97. The zero-order valence-corrected chi connectivity index (χ0v) is 14.5. The number of esters is 1. The molecule has 6 heteroatoms. The van der Waals surface area contributed by atoms with Gasteiger partial charge in [-0.25, -0.2) is 4.79 Å². The van der Waals surface area contributed by atoms with Gasteiger partial charge in [-0.15, -0.1) is 0 Å². The van der Waals surface area contributed by atoms with Gasteiger partial charge in [0.25, 0.3) is 0 Å². The van der Waals surface area contributed by atoms with Crippen LogP contribution in [0.15, 0.2) is 24.3 Å². The Balaban J connectivity index is 1.57. The lowest BCUT2D eigenvalue weighted by Crippen LogP contribution is -2.35. The normalized spacial score (nSPS) is 20.8. The van der Waals surface area contributed by atoms with Gasteiger partial charge in [-0.1, -0.05) is 12.8 Å². The number of rotatable bonds is 5. The number of benzene rings is 1. The lowest BCUT2D eigenvalue weighted by atomic mass is 10.1. The molecule has 1 aliphatic heterocycles. The summed E-state index contributed by atoms with van der Waals surface area (Å²) >= 11 is 0. The molecule has 2 fully saturated rings. The molecule has 2 aliphatic rings. The van der Waals surface area contributed by atoms with Gasteiger partial charge in [0.15, 0.2) is 0 Å². The fraction of sp³-hybridized carbons (Fsp3) is 0.526. The molecular weight excluding hydrogens is 320 g/mol. The van der Waals surface area contributed by atoms with Gasteiger partial charge in [-0.2, -0.15) is 0 Å². The van der Waals surface area contributed by atoms with Crippen molar-refractivity contribution in [2.75, 3.05) is 18.5 Å². The van der Waals surface area contributed by atoms with Crippen molar-refractivity contribution in [2.24, 2.45) is 5.92 Å². The third-order valence-electron chi connectivity index (χ3n) is 4.96. The Morgan fingerprint density at radius 3 is 2.52 bits per heavy atom. The molecular formula is C19H24N2O4. The van der Waals surface area contributed by atoms with Gasteiger partial charge in [0.1, 0.15) is 0 Å². The quantitative estimate of drug-likeness (QED) is 0.833. The first-order valence-corrected chi connectivity index (χ1v) is 8.96. The Morgan fingerprint density at radius 2 is 1.88 bits per heavy atom. The average Bonchev–Trinajstić information content (AvgIpc) is 3.25. The number of nitrogens with zero attached hydrogens (tertiary/aromatic N) is 1. The Bertz CT molecular complexity index is 650. The first kappa shape index (κ1) is 17.5. The van der Waals surface area contributed by atoms with Crippen LogP contribution in [0.3, 0.4) is 0 Å². The van der Waals surface area contributed by atoms with Crippen LogP contribution in [-0.2, 0) is 14.3 Å². The molecule has 1 aromatic carbocycles. The molecule has 1 aromatic rings. The topological polar surface area (TPSA) is 75.7 Å². The number of nitrogens with one attached hydrogen (secondary N) is 1. The van der Waals surface area contributed by atoms with E-state index in [-0.39, 0.29) is 30.1 Å². The van der Waals surface area contributed by atoms with Crippen LogP contribution < -0.4 is 5.32 Å². The van der Waals surface area contributed by atoms with Crippen molar-refractivity contribution in [3.8, 4) is 0 Å². The maximum absolute atomic E-state index is 12.5. The zero-order chi connectivity index (χ0) is 17.8. The predicted molar refractivity (Wildman–Crippen MR) is 93.1 cm³/mol. The van der Waals surface area contributed by atoms with Gasteiger partial charge in [-0.3, -0.25) is 9.59 Å². The maximum atomic E-state index is 12.5. The highest BCUT2D eigenvalue weighted by Gasteiger charge is 2.38. The molecule has 134 valence electrons. The second-order valence-corrected chi connectivity index (χ2v) is 6.67. The number of carbonyl (C=O) groups excluding carboxylic acids is 3. The Labute approximate surface area is 147 Å². The minimum atomic E-state index is -0.381. The number of ether oxygens (including phenoxy) is 1. The molecule has 1 unspecified atom stereocenters. The maximum Gasteiger partial charge on any atom is 0.338 e. The lowest BCUT2D eigenvalue weighted by Gasteiger charge is -2.23. The van der Waals surface area contributed by atoms with E-state index < -0.39 is 0 Å². The van der Waals surface area contributed by atoms with Crippen molar-refractivity contribution in [2.45, 2.75) is 45.1 Å². The van der Waals surface area contributed by atoms with Crippen LogP contribution in [0.5, 0.6) is 0 Å². The summed E-state index contributed by atoms with van der Waals surface area (Å²) in [5.74, 6) is -0.741. The molecule has 2 amide bonds. The number of carbonyl (C=O) groups is 3. The van der Waals surface area contributed by atoms with Gasteiger partial charge in [0, 0.05) is 24.7 Å². The summed E-state index contributed by atoms with van der Waals surface area (Å²) in [5.41, 5.74) is 1.06. The minimum absolute atomic E-state index is 0.0877. The van der Waals surface area contributed by atoms with E-state index in [0.717, 1.165) is 25.7 Å². The average molecular weight is 344 g/mol. The molecule has 1 heterocycles. The largest absolute Gasteiger partial charge is 0.462 e. The van der Waals surface area contributed by atoms with Gasteiger partial charge in [0.2, 0.25) is 11.8 Å². The first-order valence-electron chi connectivity index (χ1n) is 8.96. The van der Waals surface area contributed by atoms with Gasteiger partial charge >= 0.3 is 5.97 Å². The van der Waals surface area contributed by atoms with Crippen LogP contribution in [0.4, 0.5) is 5.69 Å². The Hall–Kier alpha value is -2.37. The van der Waals surface area contributed by atoms with Gasteiger partial charge in [-0.05, 0) is 44.0 Å². The number of anilines is 1. The smallest absolute Gasteiger partial charge is 0.338 e. The molecule has 1 aliphatic carbocycles. The van der Waals surface area contributed by atoms with Crippen LogP contribution in [-0.4, -0.2) is 41.9 Å². The van der Waals surface area contributed by atoms with Crippen LogP contribution in [0, 0.1) is 5.92 Å². The Kier molecular flexibility index (Phi) is 5.36. The molecule has 3 rings (SSSR count). The van der Waals surface area contributed by atoms with Crippen LogP contribution in [0.25, 0.3) is 0 Å². The van der Waals surface area contributed by atoms with Crippen LogP contribution >= 0.6 is 0 Å². The molecule has 0 spiro atoms. The van der Waals surface area contributed by atoms with Crippen molar-refractivity contribution >= 4 is 23.5 Å². The molecule has 6 nitrogen and oxygen atoms in total. The van der Waals surface area contributed by atoms with E-state index >= 15 is 0 Å². The van der Waals surface area contributed by atoms with Gasteiger partial charge in [0.05, 0.1) is 18.1 Å². The van der Waals surface area contributed by atoms with Crippen molar-refractivity contribution < 1.29 is 19.1 Å². The molecule has 0 bridgehead atoms. The SMILES string of the molecule is CCOC(=O)c1ccc(NC(=O)C2CC(=O)N(C3CCCC3)C2)cc1. The summed E-state index contributed by atoms with van der Waals surface area (Å²) in [6, 6.07) is 6.91. The number of hydrogen-bond donors (Lipinski definition) is 1. The minimum Gasteiger partial charge on any atom is -0.462 e. The highest BCUT2D eigenvalue weighted by atomic mass is 16.5. The number of likely N-dealkylation sites (tertiary alicyclic amines) is 1. The van der Waals surface area contributed by atoms with Crippen LogP contribution in [0.2, 0.25) is 0 Å². The zero-order valence-electron chi connectivity index (χ0n) is 14.5. The van der Waals surface area contributed by atoms with Crippen molar-refractivity contribution in [3.05, 3.63) is 29.8 Å². The molecule has 1 N–H and O–H groups in total. The Morgan fingerprint density at radius 1 is 1.20 bits per heavy atom. The number of amides is 2. The molecule has 1 atom stereocenters. The van der Waals surface area contributed by atoms with E-state index in [2.05, 4.69) is 5.32 Å². The lowest BCUT2D eigenvalue weighted by molar-refractivity contribution is -0.129. The standard InChI is InChI=1S/C19H24N2O4/c1-2-25-19(24)13-7-9-15(10-8-13)20-18(23)14-11-17(22)21(12-14)16-5-3-4-6-16/h7-10,14,16H,2-6,11-12H2,1H3,(H,20,23). The predicted octanol–water partition coefficient (Wildman–Crippen LogP) is 2.59. The molecule has 0 radical (unpaired) electrons. The summed E-state index contributed by atoms with van der Waals surface area (Å²) in [6.07, 6.45) is 4.71. The molecule has 0 aromatic heterocycles. The van der Waals surface area contributed by atoms with Crippen molar-refractivity contribution in [3.63, 3.8) is 0 Å². The molecule has 1 saturated heterocycles. The second-order valence-electron chi connectivity index (χ2n) is 6.67. The van der Waals surface area contributed by atoms with E-state index in [1.165, 1.54) is 0 Å².